The lowest BCUT2D eigenvalue weighted by Gasteiger charge is -2.17. The zero-order valence-corrected chi connectivity index (χ0v) is 6.12. The van der Waals surface area contributed by atoms with E-state index in [2.05, 4.69) is 4.99 Å². The van der Waals surface area contributed by atoms with E-state index >= 15 is 0 Å². The number of likely N-dealkylation sites (N-methyl/N-ethyl adjacent to an activating group) is 1. The molecule has 4 heteroatoms. The lowest BCUT2D eigenvalue weighted by Crippen LogP contribution is -2.41. The summed E-state index contributed by atoms with van der Waals surface area (Å²) in [5.74, 6) is 0.822. The lowest BCUT2D eigenvalue weighted by atomic mass is 10.3. The van der Waals surface area contributed by atoms with Crippen LogP contribution in [0.4, 0.5) is 0 Å². The smallest absolute Gasteiger partial charge is 0.118 e. The summed E-state index contributed by atoms with van der Waals surface area (Å²) in [5, 5.41) is 8.68. The molecule has 0 aromatic heterocycles. The van der Waals surface area contributed by atoms with E-state index in [0.717, 1.165) is 18.9 Å². The van der Waals surface area contributed by atoms with Gasteiger partial charge in [-0.1, -0.05) is 0 Å². The van der Waals surface area contributed by atoms with Crippen molar-refractivity contribution in [1.82, 2.24) is 4.90 Å². The third-order valence-corrected chi connectivity index (χ3v) is 1.63. The van der Waals surface area contributed by atoms with E-state index in [0.29, 0.717) is 0 Å². The SMILES string of the molecule is CN1CCN=C1C(N)CO. The Balaban J connectivity index is 2.53. The fourth-order valence-corrected chi connectivity index (χ4v) is 1.03. The Morgan fingerprint density at radius 1 is 1.90 bits per heavy atom. The summed E-state index contributed by atoms with van der Waals surface area (Å²) in [6.07, 6.45) is 0. The Hall–Kier alpha value is -0.610. The van der Waals surface area contributed by atoms with Crippen molar-refractivity contribution in [2.24, 2.45) is 10.7 Å². The average Bonchev–Trinajstić information content (AvgIpc) is 2.34. The van der Waals surface area contributed by atoms with Crippen molar-refractivity contribution in [2.45, 2.75) is 6.04 Å². The number of nitrogens with two attached hydrogens (primary N) is 1. The van der Waals surface area contributed by atoms with Crippen molar-refractivity contribution < 1.29 is 5.11 Å². The minimum atomic E-state index is -0.299. The van der Waals surface area contributed by atoms with Crippen LogP contribution >= 0.6 is 0 Å². The van der Waals surface area contributed by atoms with Gasteiger partial charge >= 0.3 is 0 Å². The fraction of sp³-hybridized carbons (Fsp3) is 0.833. The van der Waals surface area contributed by atoms with Crippen molar-refractivity contribution in [3.05, 3.63) is 0 Å². The first-order valence-corrected chi connectivity index (χ1v) is 3.37. The molecule has 1 rings (SSSR count). The predicted molar refractivity (Wildman–Crippen MR) is 40.0 cm³/mol. The number of hydrogen-bond donors (Lipinski definition) is 2. The van der Waals surface area contributed by atoms with Crippen molar-refractivity contribution >= 4 is 5.84 Å². The molecule has 0 amide bonds. The van der Waals surface area contributed by atoms with Crippen LogP contribution in [0.15, 0.2) is 4.99 Å². The monoisotopic (exact) mass is 143 g/mol. The number of rotatable bonds is 2. The predicted octanol–water partition coefficient (Wildman–Crippen LogP) is -1.35. The van der Waals surface area contributed by atoms with E-state index in [9.17, 15) is 0 Å². The molecule has 1 aliphatic rings. The van der Waals surface area contributed by atoms with Crippen LogP contribution in [0.5, 0.6) is 0 Å². The Bertz CT molecular complexity index is 146. The highest BCUT2D eigenvalue weighted by Crippen LogP contribution is 1.99. The lowest BCUT2D eigenvalue weighted by molar-refractivity contribution is 0.284. The van der Waals surface area contributed by atoms with Crippen LogP contribution in [0, 0.1) is 0 Å². The van der Waals surface area contributed by atoms with Gasteiger partial charge < -0.3 is 15.7 Å². The molecule has 0 fully saturated rings. The zero-order valence-electron chi connectivity index (χ0n) is 6.12. The summed E-state index contributed by atoms with van der Waals surface area (Å²) < 4.78 is 0. The van der Waals surface area contributed by atoms with Gasteiger partial charge in [-0.2, -0.15) is 0 Å². The third kappa shape index (κ3) is 1.27. The molecular formula is C6H13N3O. The molecule has 1 atom stereocenters. The van der Waals surface area contributed by atoms with Gasteiger partial charge in [-0.15, -0.1) is 0 Å². The maximum atomic E-state index is 8.68. The highest BCUT2D eigenvalue weighted by atomic mass is 16.3. The van der Waals surface area contributed by atoms with Crippen molar-refractivity contribution in [3.8, 4) is 0 Å². The number of aliphatic hydroxyl groups is 1. The maximum Gasteiger partial charge on any atom is 0.118 e. The molecule has 1 heterocycles. The largest absolute Gasteiger partial charge is 0.394 e. The highest BCUT2D eigenvalue weighted by Gasteiger charge is 2.18. The first-order chi connectivity index (χ1) is 4.75. The van der Waals surface area contributed by atoms with Gasteiger partial charge in [0.2, 0.25) is 0 Å². The van der Waals surface area contributed by atoms with Crippen LogP contribution in [0.3, 0.4) is 0 Å². The van der Waals surface area contributed by atoms with Crippen molar-refractivity contribution in [3.63, 3.8) is 0 Å². The number of aliphatic hydroxyl groups excluding tert-OH is 1. The first-order valence-electron chi connectivity index (χ1n) is 3.37. The Labute approximate surface area is 60.3 Å². The standard InChI is InChI=1S/C6H13N3O/c1-9-3-2-8-6(9)5(7)4-10/h5,10H,2-4,7H2,1H3. The second-order valence-electron chi connectivity index (χ2n) is 2.45. The second kappa shape index (κ2) is 2.98. The van der Waals surface area contributed by atoms with Gasteiger partial charge in [0.25, 0.3) is 0 Å². The molecule has 0 aromatic carbocycles. The maximum absolute atomic E-state index is 8.68. The van der Waals surface area contributed by atoms with E-state index in [1.54, 1.807) is 0 Å². The molecule has 0 saturated heterocycles. The van der Waals surface area contributed by atoms with Gasteiger partial charge in [-0.3, -0.25) is 4.99 Å². The van der Waals surface area contributed by atoms with Crippen LogP contribution in [0.1, 0.15) is 0 Å². The summed E-state index contributed by atoms with van der Waals surface area (Å²) in [5.41, 5.74) is 5.55. The molecule has 3 N–H and O–H groups in total. The molecule has 1 unspecified atom stereocenters. The first kappa shape index (κ1) is 7.50. The molecule has 58 valence electrons. The molecule has 1 aliphatic heterocycles. The van der Waals surface area contributed by atoms with E-state index in [-0.39, 0.29) is 12.6 Å². The van der Waals surface area contributed by atoms with E-state index in [4.69, 9.17) is 10.8 Å². The van der Waals surface area contributed by atoms with Gasteiger partial charge in [0.05, 0.1) is 19.2 Å². The second-order valence-corrected chi connectivity index (χ2v) is 2.45. The molecule has 0 bridgehead atoms. The molecule has 0 spiro atoms. The Morgan fingerprint density at radius 2 is 2.60 bits per heavy atom. The van der Waals surface area contributed by atoms with E-state index in [1.165, 1.54) is 0 Å². The minimum absolute atomic E-state index is 0.0246. The molecule has 4 nitrogen and oxygen atoms in total. The average molecular weight is 143 g/mol. The zero-order chi connectivity index (χ0) is 7.56. The highest BCUT2D eigenvalue weighted by molar-refractivity contribution is 5.88. The molecule has 10 heavy (non-hydrogen) atoms. The number of aliphatic imine (C=N–C) groups is 1. The summed E-state index contributed by atoms with van der Waals surface area (Å²) in [6.45, 7) is 1.70. The number of amidine groups is 1. The van der Waals surface area contributed by atoms with Gasteiger partial charge in [0, 0.05) is 13.6 Å². The van der Waals surface area contributed by atoms with Gasteiger partial charge in [-0.05, 0) is 0 Å². The quantitative estimate of drug-likeness (QED) is 0.502. The van der Waals surface area contributed by atoms with Crippen LogP contribution in [-0.4, -0.2) is 48.6 Å². The Morgan fingerprint density at radius 3 is 3.00 bits per heavy atom. The summed E-state index contributed by atoms with van der Waals surface area (Å²) in [6, 6.07) is -0.299. The third-order valence-electron chi connectivity index (χ3n) is 1.63. The fourth-order valence-electron chi connectivity index (χ4n) is 1.03. The Kier molecular flexibility index (Phi) is 2.24. The molecule has 0 saturated carbocycles. The van der Waals surface area contributed by atoms with Gasteiger partial charge in [-0.25, -0.2) is 0 Å². The molecule has 0 radical (unpaired) electrons. The topological polar surface area (TPSA) is 61.8 Å². The number of nitrogens with zero attached hydrogens (tertiary/aromatic N) is 2. The minimum Gasteiger partial charge on any atom is -0.394 e. The van der Waals surface area contributed by atoms with Crippen molar-refractivity contribution in [1.29, 1.82) is 0 Å². The summed E-state index contributed by atoms with van der Waals surface area (Å²) in [7, 11) is 1.93. The number of hydrogen-bond acceptors (Lipinski definition) is 4. The molecular weight excluding hydrogens is 130 g/mol. The van der Waals surface area contributed by atoms with E-state index in [1.807, 2.05) is 11.9 Å². The van der Waals surface area contributed by atoms with Gasteiger partial charge in [0.1, 0.15) is 5.84 Å². The van der Waals surface area contributed by atoms with Crippen LogP contribution in [0.25, 0.3) is 0 Å². The van der Waals surface area contributed by atoms with Crippen LogP contribution in [-0.2, 0) is 0 Å². The van der Waals surface area contributed by atoms with Gasteiger partial charge in [0.15, 0.2) is 0 Å². The van der Waals surface area contributed by atoms with Crippen molar-refractivity contribution in [2.75, 3.05) is 26.7 Å². The summed E-state index contributed by atoms with van der Waals surface area (Å²) >= 11 is 0. The normalized spacial score (nSPS) is 21.1. The van der Waals surface area contributed by atoms with E-state index < -0.39 is 0 Å². The molecule has 0 aliphatic carbocycles. The van der Waals surface area contributed by atoms with Crippen LogP contribution < -0.4 is 5.73 Å². The summed E-state index contributed by atoms with van der Waals surface area (Å²) in [4.78, 5) is 6.12. The molecule has 0 aromatic rings. The van der Waals surface area contributed by atoms with Crippen LogP contribution in [0.2, 0.25) is 0 Å².